The summed E-state index contributed by atoms with van der Waals surface area (Å²) >= 11 is 0. The maximum absolute atomic E-state index is 13.4. The zero-order valence-electron chi connectivity index (χ0n) is 22.1. The van der Waals surface area contributed by atoms with Gasteiger partial charge in [-0.15, -0.1) is 0 Å². The van der Waals surface area contributed by atoms with Crippen LogP contribution >= 0.6 is 0 Å². The molecule has 1 aliphatic rings. The van der Waals surface area contributed by atoms with Gasteiger partial charge in [0, 0.05) is 43.5 Å². The number of benzene rings is 1. The van der Waals surface area contributed by atoms with Crippen LogP contribution in [0.15, 0.2) is 95.9 Å². The highest BCUT2D eigenvalue weighted by Crippen LogP contribution is 2.41. The fraction of sp³-hybridized carbons (Fsp3) is 0.400. The molecule has 0 aliphatic carbocycles. The molecule has 0 amide bonds. The molecule has 2 nitrogen and oxygen atoms in total. The lowest BCUT2D eigenvalue weighted by molar-refractivity contribution is 0.186. The van der Waals surface area contributed by atoms with Crippen molar-refractivity contribution in [2.45, 2.75) is 55.0 Å². The number of allylic oxidation sites excluding steroid dienone is 5. The second kappa shape index (κ2) is 12.4. The Kier molecular flexibility index (Phi) is 10.6. The molecule has 0 atom stereocenters. The minimum atomic E-state index is -0.213. The summed E-state index contributed by atoms with van der Waals surface area (Å²) in [6.07, 6.45) is 6.16. The van der Waals surface area contributed by atoms with Crippen molar-refractivity contribution in [1.82, 2.24) is 9.80 Å². The SMILES string of the molecule is C=C(C)C(=C)C1=C(N(C)Cc2ccc(F)cc2)C(C)(C)CN(C(=C)/C(C)=C/C=C\C)C1.CC. The van der Waals surface area contributed by atoms with Crippen LogP contribution < -0.4 is 0 Å². The maximum Gasteiger partial charge on any atom is 0.123 e. The maximum atomic E-state index is 13.4. The molecule has 1 aromatic carbocycles. The van der Waals surface area contributed by atoms with Gasteiger partial charge in [-0.25, -0.2) is 4.39 Å². The first-order chi connectivity index (χ1) is 15.5. The lowest BCUT2D eigenvalue weighted by atomic mass is 9.78. The fourth-order valence-electron chi connectivity index (χ4n) is 4.24. The van der Waals surface area contributed by atoms with Crippen LogP contribution in [0.5, 0.6) is 0 Å². The summed E-state index contributed by atoms with van der Waals surface area (Å²) in [5.74, 6) is -0.213. The Hall–Kier alpha value is -2.81. The molecular formula is C30H43FN2. The van der Waals surface area contributed by atoms with Crippen LogP contribution in [0.2, 0.25) is 0 Å². The number of hydrogen-bond acceptors (Lipinski definition) is 2. The summed E-state index contributed by atoms with van der Waals surface area (Å²) < 4.78 is 13.4. The second-order valence-electron chi connectivity index (χ2n) is 9.13. The molecule has 1 aliphatic heterocycles. The molecule has 0 aromatic heterocycles. The van der Waals surface area contributed by atoms with Crippen LogP contribution in [-0.2, 0) is 6.54 Å². The molecule has 33 heavy (non-hydrogen) atoms. The first-order valence-corrected chi connectivity index (χ1v) is 11.8. The van der Waals surface area contributed by atoms with E-state index >= 15 is 0 Å². The van der Waals surface area contributed by atoms with Gasteiger partial charge in [0.1, 0.15) is 5.82 Å². The van der Waals surface area contributed by atoms with Crippen molar-refractivity contribution in [1.29, 1.82) is 0 Å². The van der Waals surface area contributed by atoms with Gasteiger partial charge in [-0.1, -0.05) is 83.4 Å². The summed E-state index contributed by atoms with van der Waals surface area (Å²) in [5.41, 5.74) is 7.50. The van der Waals surface area contributed by atoms with Gasteiger partial charge in [-0.05, 0) is 55.2 Å². The molecule has 0 fully saturated rings. The first-order valence-electron chi connectivity index (χ1n) is 11.8. The number of rotatable bonds is 8. The van der Waals surface area contributed by atoms with Gasteiger partial charge in [0.25, 0.3) is 0 Å². The highest BCUT2D eigenvalue weighted by Gasteiger charge is 2.37. The molecule has 0 unspecified atom stereocenters. The van der Waals surface area contributed by atoms with E-state index < -0.39 is 0 Å². The molecule has 3 heteroatoms. The third-order valence-electron chi connectivity index (χ3n) is 5.83. The van der Waals surface area contributed by atoms with E-state index in [1.54, 1.807) is 0 Å². The quantitative estimate of drug-likeness (QED) is 0.370. The minimum absolute atomic E-state index is 0.134. The lowest BCUT2D eigenvalue weighted by Crippen LogP contribution is -2.46. The monoisotopic (exact) mass is 450 g/mol. The number of halogens is 1. The molecule has 0 spiro atoms. The Morgan fingerprint density at radius 1 is 1.12 bits per heavy atom. The summed E-state index contributed by atoms with van der Waals surface area (Å²) in [4.78, 5) is 4.62. The molecule has 0 bridgehead atoms. The topological polar surface area (TPSA) is 6.48 Å². The number of hydrogen-bond donors (Lipinski definition) is 0. The van der Waals surface area contributed by atoms with Gasteiger partial charge in [0.15, 0.2) is 0 Å². The van der Waals surface area contributed by atoms with Crippen molar-refractivity contribution in [2.24, 2.45) is 5.41 Å². The molecule has 0 saturated heterocycles. The van der Waals surface area contributed by atoms with E-state index in [0.717, 1.165) is 41.1 Å². The predicted octanol–water partition coefficient (Wildman–Crippen LogP) is 8.05. The summed E-state index contributed by atoms with van der Waals surface area (Å²) in [6, 6.07) is 6.73. The standard InChI is InChI=1S/C28H37FN2.C2H6/c1-10-11-12-21(4)23(6)31-18-26(22(5)20(2)3)27(28(7,8)19-31)30(9)17-24-13-15-25(29)16-14-24;1-2/h10-16H,2,5-6,17-19H2,1,3-4,7-9H3;1-2H3/b11-10-,21-12+;. The van der Waals surface area contributed by atoms with Crippen LogP contribution in [0.25, 0.3) is 0 Å². The van der Waals surface area contributed by atoms with Crippen LogP contribution in [0, 0.1) is 11.2 Å². The third kappa shape index (κ3) is 7.35. The average Bonchev–Trinajstić information content (AvgIpc) is 2.77. The van der Waals surface area contributed by atoms with E-state index in [0.29, 0.717) is 6.54 Å². The van der Waals surface area contributed by atoms with Crippen molar-refractivity contribution in [3.8, 4) is 0 Å². The summed E-state index contributed by atoms with van der Waals surface area (Å²) in [7, 11) is 2.10. The van der Waals surface area contributed by atoms with Gasteiger partial charge in [0.05, 0.1) is 0 Å². The van der Waals surface area contributed by atoms with Crippen LogP contribution in [-0.4, -0.2) is 29.9 Å². The lowest BCUT2D eigenvalue weighted by Gasteiger charge is -2.47. The summed E-state index contributed by atoms with van der Waals surface area (Å²) in [6.45, 7) is 29.8. The van der Waals surface area contributed by atoms with Crippen LogP contribution in [0.1, 0.15) is 54.0 Å². The Morgan fingerprint density at radius 2 is 1.70 bits per heavy atom. The molecule has 180 valence electrons. The Labute approximate surface area is 202 Å². The van der Waals surface area contributed by atoms with E-state index in [2.05, 4.69) is 63.4 Å². The largest absolute Gasteiger partial charge is 0.373 e. The van der Waals surface area contributed by atoms with Gasteiger partial charge < -0.3 is 9.80 Å². The van der Waals surface area contributed by atoms with Gasteiger partial charge >= 0.3 is 0 Å². The van der Waals surface area contributed by atoms with Crippen molar-refractivity contribution in [3.05, 3.63) is 107 Å². The highest BCUT2D eigenvalue weighted by molar-refractivity contribution is 5.49. The van der Waals surface area contributed by atoms with E-state index in [4.69, 9.17) is 0 Å². The molecule has 2 rings (SSSR count). The van der Waals surface area contributed by atoms with E-state index in [-0.39, 0.29) is 11.2 Å². The fourth-order valence-corrected chi connectivity index (χ4v) is 4.24. The van der Waals surface area contributed by atoms with Crippen LogP contribution in [0.3, 0.4) is 0 Å². The second-order valence-corrected chi connectivity index (χ2v) is 9.13. The third-order valence-corrected chi connectivity index (χ3v) is 5.83. The zero-order valence-corrected chi connectivity index (χ0v) is 22.1. The number of nitrogens with zero attached hydrogens (tertiary/aromatic N) is 2. The van der Waals surface area contributed by atoms with Crippen molar-refractivity contribution >= 4 is 0 Å². The highest BCUT2D eigenvalue weighted by atomic mass is 19.1. The molecular weight excluding hydrogens is 407 g/mol. The Bertz CT molecular complexity index is 942. The Morgan fingerprint density at radius 3 is 2.21 bits per heavy atom. The molecule has 0 N–H and O–H groups in total. The van der Waals surface area contributed by atoms with Crippen LogP contribution in [0.4, 0.5) is 4.39 Å². The van der Waals surface area contributed by atoms with Crippen molar-refractivity contribution in [2.75, 3.05) is 20.1 Å². The Balaban J connectivity index is 0.00000265. The smallest absolute Gasteiger partial charge is 0.123 e. The summed E-state index contributed by atoms with van der Waals surface area (Å²) in [5, 5.41) is 0. The normalized spacial score (nSPS) is 15.8. The zero-order chi connectivity index (χ0) is 25.3. The molecule has 1 aromatic rings. The molecule has 0 radical (unpaired) electrons. The van der Waals surface area contributed by atoms with Crippen molar-refractivity contribution < 1.29 is 4.39 Å². The first kappa shape index (κ1) is 28.2. The van der Waals surface area contributed by atoms with Gasteiger partial charge in [-0.2, -0.15) is 0 Å². The van der Waals surface area contributed by atoms with E-state index in [1.165, 1.54) is 23.4 Å². The van der Waals surface area contributed by atoms with Gasteiger partial charge in [-0.3, -0.25) is 0 Å². The molecule has 1 heterocycles. The predicted molar refractivity (Wildman–Crippen MR) is 143 cm³/mol. The molecule has 0 saturated carbocycles. The van der Waals surface area contributed by atoms with Crippen molar-refractivity contribution in [3.63, 3.8) is 0 Å². The van der Waals surface area contributed by atoms with Gasteiger partial charge in [0.2, 0.25) is 0 Å². The average molecular weight is 451 g/mol. The van der Waals surface area contributed by atoms with E-state index in [1.807, 2.05) is 52.0 Å². The minimum Gasteiger partial charge on any atom is -0.373 e. The van der Waals surface area contributed by atoms with E-state index in [9.17, 15) is 4.39 Å².